The van der Waals surface area contributed by atoms with Crippen molar-refractivity contribution in [1.82, 2.24) is 9.62 Å². The maximum Gasteiger partial charge on any atom is 0.251 e. The summed E-state index contributed by atoms with van der Waals surface area (Å²) in [5.41, 5.74) is 0.929. The number of carbonyl (C=O) groups is 1. The normalized spacial score (nSPS) is 12.8. The molecule has 2 rings (SSSR count). The summed E-state index contributed by atoms with van der Waals surface area (Å²) in [5.74, 6) is -0.328. The van der Waals surface area contributed by atoms with Gasteiger partial charge in [0.05, 0.1) is 4.90 Å². The Morgan fingerprint density at radius 3 is 2.24 bits per heavy atom. The van der Waals surface area contributed by atoms with Crippen molar-refractivity contribution in [2.75, 3.05) is 20.4 Å². The molecule has 0 radical (unpaired) electrons. The molecule has 1 unspecified atom stereocenters. The highest BCUT2D eigenvalue weighted by Gasteiger charge is 2.20. The van der Waals surface area contributed by atoms with Crippen LogP contribution in [0.15, 0.2) is 58.3 Å². The molecule has 0 saturated heterocycles. The number of nitrogens with zero attached hydrogens (tertiary/aromatic N) is 1. The van der Waals surface area contributed by atoms with Crippen LogP contribution in [0.3, 0.4) is 0 Å². The first-order valence-corrected chi connectivity index (χ1v) is 10.5. The van der Waals surface area contributed by atoms with E-state index >= 15 is 0 Å². The Morgan fingerprint density at radius 2 is 1.68 bits per heavy atom. The number of rotatable bonds is 6. The number of hydrogen-bond acceptors (Lipinski definition) is 4. The minimum Gasteiger partial charge on any atom is -0.348 e. The van der Waals surface area contributed by atoms with E-state index in [-0.39, 0.29) is 17.3 Å². The Hall–Kier alpha value is -2.03. The maximum atomic E-state index is 12.4. The first-order valence-electron chi connectivity index (χ1n) is 7.45. The predicted molar refractivity (Wildman–Crippen MR) is 97.3 cm³/mol. The van der Waals surface area contributed by atoms with Crippen LogP contribution in [-0.4, -0.2) is 43.2 Å². The number of carbonyl (C=O) groups excluding carboxylic acids is 1. The van der Waals surface area contributed by atoms with Crippen LogP contribution in [0.2, 0.25) is 0 Å². The maximum absolute atomic E-state index is 12.4. The Morgan fingerprint density at radius 1 is 1.08 bits per heavy atom. The lowest BCUT2D eigenvalue weighted by atomic mass is 10.2. The molecule has 6 nitrogen and oxygen atoms in total. The summed E-state index contributed by atoms with van der Waals surface area (Å²) < 4.78 is 37.2. The van der Waals surface area contributed by atoms with Crippen LogP contribution >= 0.6 is 0 Å². The molecule has 0 aromatic heterocycles. The molecule has 1 amide bonds. The summed E-state index contributed by atoms with van der Waals surface area (Å²) in [7, 11) is -1.77. The summed E-state index contributed by atoms with van der Waals surface area (Å²) in [5, 5.41) is 2.72. The van der Waals surface area contributed by atoms with Crippen LogP contribution in [0, 0.1) is 0 Å². The second-order valence-corrected chi connectivity index (χ2v) is 9.06. The predicted octanol–water partition coefficient (Wildman–Crippen LogP) is 1.60. The number of nitrogens with one attached hydrogen (secondary N) is 1. The second kappa shape index (κ2) is 7.90. The van der Waals surface area contributed by atoms with E-state index in [2.05, 4.69) is 5.32 Å². The van der Waals surface area contributed by atoms with Crippen LogP contribution in [0.4, 0.5) is 0 Å². The highest BCUT2D eigenvalue weighted by Crippen LogP contribution is 2.18. The van der Waals surface area contributed by atoms with Crippen LogP contribution in [0.25, 0.3) is 0 Å². The van der Waals surface area contributed by atoms with Gasteiger partial charge in [-0.2, -0.15) is 0 Å². The SMILES string of the molecule is CN(C)S(=O)(=O)c1ccccc1CNC(=O)c1ccc(S(C)=O)cc1. The third-order valence-corrected chi connectivity index (χ3v) is 6.47. The van der Waals surface area contributed by atoms with Crippen LogP contribution in [-0.2, 0) is 27.4 Å². The zero-order chi connectivity index (χ0) is 18.6. The fourth-order valence-corrected chi connectivity index (χ4v) is 3.81. The van der Waals surface area contributed by atoms with Gasteiger partial charge in [0, 0.05) is 48.2 Å². The van der Waals surface area contributed by atoms with Crippen molar-refractivity contribution in [2.24, 2.45) is 0 Å². The van der Waals surface area contributed by atoms with Gasteiger partial charge < -0.3 is 5.32 Å². The smallest absolute Gasteiger partial charge is 0.251 e. The van der Waals surface area contributed by atoms with E-state index in [1.54, 1.807) is 48.7 Å². The van der Waals surface area contributed by atoms with E-state index in [4.69, 9.17) is 0 Å². The molecule has 0 spiro atoms. The van der Waals surface area contributed by atoms with Crippen molar-refractivity contribution in [3.8, 4) is 0 Å². The van der Waals surface area contributed by atoms with E-state index in [1.807, 2.05) is 0 Å². The van der Waals surface area contributed by atoms with Gasteiger partial charge in [-0.05, 0) is 35.9 Å². The summed E-state index contributed by atoms with van der Waals surface area (Å²) in [6.07, 6.45) is 1.57. The van der Waals surface area contributed by atoms with E-state index in [0.29, 0.717) is 16.0 Å². The van der Waals surface area contributed by atoms with Gasteiger partial charge in [-0.1, -0.05) is 18.2 Å². The van der Waals surface area contributed by atoms with E-state index in [1.165, 1.54) is 20.2 Å². The van der Waals surface area contributed by atoms with Crippen molar-refractivity contribution in [2.45, 2.75) is 16.3 Å². The first kappa shape index (κ1) is 19.3. The zero-order valence-electron chi connectivity index (χ0n) is 14.2. The fraction of sp³-hybridized carbons (Fsp3) is 0.235. The number of hydrogen-bond donors (Lipinski definition) is 1. The molecule has 0 aliphatic rings. The Labute approximate surface area is 150 Å². The minimum atomic E-state index is -3.59. The molecule has 0 aliphatic heterocycles. The van der Waals surface area contributed by atoms with E-state index in [0.717, 1.165) is 4.31 Å². The Bertz CT molecular complexity index is 891. The minimum absolute atomic E-state index is 0.0868. The monoisotopic (exact) mass is 380 g/mol. The topological polar surface area (TPSA) is 83.6 Å². The average Bonchev–Trinajstić information content (AvgIpc) is 2.59. The lowest BCUT2D eigenvalue weighted by Gasteiger charge is -2.15. The molecule has 1 N–H and O–H groups in total. The van der Waals surface area contributed by atoms with Crippen molar-refractivity contribution in [3.63, 3.8) is 0 Å². The molecule has 0 aliphatic carbocycles. The van der Waals surface area contributed by atoms with Gasteiger partial charge in [0.25, 0.3) is 5.91 Å². The summed E-state index contributed by atoms with van der Waals surface area (Å²) in [6.45, 7) is 0.0868. The molecule has 1 atom stereocenters. The number of sulfonamides is 1. The average molecular weight is 380 g/mol. The third-order valence-electron chi connectivity index (χ3n) is 3.62. The lowest BCUT2D eigenvalue weighted by Crippen LogP contribution is -2.27. The van der Waals surface area contributed by atoms with Gasteiger partial charge in [0.2, 0.25) is 10.0 Å². The molecule has 0 saturated carbocycles. The molecular weight excluding hydrogens is 360 g/mol. The molecule has 134 valence electrons. The Kier molecular flexibility index (Phi) is 6.10. The van der Waals surface area contributed by atoms with Crippen LogP contribution in [0.5, 0.6) is 0 Å². The molecule has 0 bridgehead atoms. The molecule has 2 aromatic carbocycles. The highest BCUT2D eigenvalue weighted by molar-refractivity contribution is 7.89. The van der Waals surface area contributed by atoms with Gasteiger partial charge in [-0.3, -0.25) is 9.00 Å². The second-order valence-electron chi connectivity index (χ2n) is 5.56. The summed E-state index contributed by atoms with van der Waals surface area (Å²) in [6, 6.07) is 13.0. The van der Waals surface area contributed by atoms with Gasteiger partial charge in [-0.15, -0.1) is 0 Å². The van der Waals surface area contributed by atoms with Gasteiger partial charge >= 0.3 is 0 Å². The molecular formula is C17H20N2O4S2. The Balaban J connectivity index is 2.17. The summed E-state index contributed by atoms with van der Waals surface area (Å²) in [4.78, 5) is 13.0. The largest absolute Gasteiger partial charge is 0.348 e. The molecule has 0 fully saturated rings. The van der Waals surface area contributed by atoms with Crippen molar-refractivity contribution < 1.29 is 17.4 Å². The van der Waals surface area contributed by atoms with E-state index in [9.17, 15) is 17.4 Å². The molecule has 25 heavy (non-hydrogen) atoms. The molecule has 0 heterocycles. The van der Waals surface area contributed by atoms with Crippen molar-refractivity contribution >= 4 is 26.7 Å². The lowest BCUT2D eigenvalue weighted by molar-refractivity contribution is 0.0950. The van der Waals surface area contributed by atoms with Crippen molar-refractivity contribution in [3.05, 3.63) is 59.7 Å². The molecule has 2 aromatic rings. The number of benzene rings is 2. The van der Waals surface area contributed by atoms with Gasteiger partial charge in [0.15, 0.2) is 0 Å². The van der Waals surface area contributed by atoms with Gasteiger partial charge in [0.1, 0.15) is 0 Å². The van der Waals surface area contributed by atoms with Crippen LogP contribution in [0.1, 0.15) is 15.9 Å². The quantitative estimate of drug-likeness (QED) is 0.825. The molecule has 8 heteroatoms. The zero-order valence-corrected chi connectivity index (χ0v) is 15.9. The number of amides is 1. The summed E-state index contributed by atoms with van der Waals surface area (Å²) >= 11 is 0. The van der Waals surface area contributed by atoms with Crippen LogP contribution < -0.4 is 5.32 Å². The van der Waals surface area contributed by atoms with E-state index < -0.39 is 20.8 Å². The van der Waals surface area contributed by atoms with Gasteiger partial charge in [-0.25, -0.2) is 12.7 Å². The first-order chi connectivity index (χ1) is 11.7. The van der Waals surface area contributed by atoms with Crippen molar-refractivity contribution in [1.29, 1.82) is 0 Å². The third kappa shape index (κ3) is 4.53. The standard InChI is InChI=1S/C17H20N2O4S2/c1-19(2)25(22,23)16-7-5-4-6-14(16)12-18-17(20)13-8-10-15(11-9-13)24(3)21/h4-11H,12H2,1-3H3,(H,18,20). The highest BCUT2D eigenvalue weighted by atomic mass is 32.2. The fourth-order valence-electron chi connectivity index (χ4n) is 2.17.